The topological polar surface area (TPSA) is 63.8 Å². The van der Waals surface area contributed by atoms with Crippen molar-refractivity contribution in [2.45, 2.75) is 33.2 Å². The van der Waals surface area contributed by atoms with E-state index in [-0.39, 0.29) is 5.92 Å². The van der Waals surface area contributed by atoms with Gasteiger partial charge in [0.1, 0.15) is 17.5 Å². The minimum absolute atomic E-state index is 0.273. The van der Waals surface area contributed by atoms with Crippen LogP contribution in [0, 0.1) is 6.92 Å². The van der Waals surface area contributed by atoms with Crippen LogP contribution in [-0.2, 0) is 6.54 Å². The van der Waals surface area contributed by atoms with E-state index < -0.39 is 0 Å². The van der Waals surface area contributed by atoms with E-state index in [2.05, 4.69) is 46.0 Å². The molecule has 5 heteroatoms. The first-order valence-electron chi connectivity index (χ1n) is 5.97. The fraction of sp³-hybridized carbons (Fsp3) is 0.385. The maximum atomic E-state index is 5.92. The quantitative estimate of drug-likeness (QED) is 0.888. The van der Waals surface area contributed by atoms with Crippen LogP contribution < -0.4 is 11.1 Å². The Labute approximate surface area is 111 Å². The summed E-state index contributed by atoms with van der Waals surface area (Å²) in [6.45, 7) is 6.83. The van der Waals surface area contributed by atoms with Crippen molar-refractivity contribution in [1.82, 2.24) is 9.97 Å². The standard InChI is InChI=1S/C13H18N4S/c1-8(2)12-16-11(14)9(3)13(17-12)15-6-10-4-5-18-7-10/h4-5,7-8H,6H2,1-3H3,(H3,14,15,16,17). The van der Waals surface area contributed by atoms with E-state index in [1.54, 1.807) is 11.3 Å². The van der Waals surface area contributed by atoms with Gasteiger partial charge < -0.3 is 11.1 Å². The molecule has 2 rings (SSSR count). The Kier molecular flexibility index (Phi) is 3.81. The van der Waals surface area contributed by atoms with Gasteiger partial charge >= 0.3 is 0 Å². The number of thiophene rings is 1. The molecule has 4 nitrogen and oxygen atoms in total. The summed E-state index contributed by atoms with van der Waals surface area (Å²) in [6, 6.07) is 2.10. The lowest BCUT2D eigenvalue weighted by Crippen LogP contribution is -2.10. The molecule has 0 aliphatic carbocycles. The molecule has 2 aromatic heterocycles. The zero-order chi connectivity index (χ0) is 13.1. The SMILES string of the molecule is Cc1c(N)nc(C(C)C)nc1NCc1ccsc1. The minimum Gasteiger partial charge on any atom is -0.383 e. The van der Waals surface area contributed by atoms with Gasteiger partial charge in [-0.25, -0.2) is 9.97 Å². The Morgan fingerprint density at radius 3 is 2.78 bits per heavy atom. The molecule has 2 aromatic rings. The summed E-state index contributed by atoms with van der Waals surface area (Å²) < 4.78 is 0. The number of nitrogen functional groups attached to an aromatic ring is 1. The van der Waals surface area contributed by atoms with Crippen LogP contribution in [0.4, 0.5) is 11.6 Å². The fourth-order valence-corrected chi connectivity index (χ4v) is 2.23. The molecule has 0 aromatic carbocycles. The second-order valence-electron chi connectivity index (χ2n) is 4.58. The lowest BCUT2D eigenvalue weighted by molar-refractivity contribution is 0.774. The largest absolute Gasteiger partial charge is 0.383 e. The third kappa shape index (κ3) is 2.79. The van der Waals surface area contributed by atoms with Crippen LogP contribution in [0.5, 0.6) is 0 Å². The maximum Gasteiger partial charge on any atom is 0.135 e. The Morgan fingerprint density at radius 2 is 2.17 bits per heavy atom. The van der Waals surface area contributed by atoms with E-state index >= 15 is 0 Å². The first-order chi connectivity index (χ1) is 8.58. The summed E-state index contributed by atoms with van der Waals surface area (Å²) in [5.74, 6) is 2.44. The molecule has 0 spiro atoms. The van der Waals surface area contributed by atoms with Crippen LogP contribution in [0.1, 0.15) is 36.7 Å². The molecular weight excluding hydrogens is 244 g/mol. The average Bonchev–Trinajstić information content (AvgIpc) is 2.83. The van der Waals surface area contributed by atoms with Gasteiger partial charge in [0.2, 0.25) is 0 Å². The van der Waals surface area contributed by atoms with Gasteiger partial charge in [0.05, 0.1) is 0 Å². The molecule has 0 bridgehead atoms. The van der Waals surface area contributed by atoms with Gasteiger partial charge in [-0.1, -0.05) is 13.8 Å². The van der Waals surface area contributed by atoms with E-state index in [4.69, 9.17) is 5.73 Å². The third-order valence-electron chi connectivity index (χ3n) is 2.76. The van der Waals surface area contributed by atoms with Crippen molar-refractivity contribution in [3.8, 4) is 0 Å². The highest BCUT2D eigenvalue weighted by Gasteiger charge is 2.10. The molecule has 0 atom stereocenters. The molecule has 0 amide bonds. The number of aromatic nitrogens is 2. The third-order valence-corrected chi connectivity index (χ3v) is 3.49. The first-order valence-corrected chi connectivity index (χ1v) is 6.91. The van der Waals surface area contributed by atoms with Crippen LogP contribution in [0.2, 0.25) is 0 Å². The highest BCUT2D eigenvalue weighted by molar-refractivity contribution is 7.07. The van der Waals surface area contributed by atoms with Crippen LogP contribution in [0.25, 0.3) is 0 Å². The lowest BCUT2D eigenvalue weighted by Gasteiger charge is -2.13. The van der Waals surface area contributed by atoms with Crippen molar-refractivity contribution < 1.29 is 0 Å². The molecule has 18 heavy (non-hydrogen) atoms. The monoisotopic (exact) mass is 262 g/mol. The van der Waals surface area contributed by atoms with Gasteiger partial charge in [-0.2, -0.15) is 11.3 Å². The summed E-state index contributed by atoms with van der Waals surface area (Å²) in [5.41, 5.74) is 8.08. The van der Waals surface area contributed by atoms with Crippen LogP contribution in [0.15, 0.2) is 16.8 Å². The van der Waals surface area contributed by atoms with Crippen molar-refractivity contribution in [2.24, 2.45) is 0 Å². The number of rotatable bonds is 4. The second kappa shape index (κ2) is 5.35. The normalized spacial score (nSPS) is 10.9. The van der Waals surface area contributed by atoms with E-state index in [9.17, 15) is 0 Å². The highest BCUT2D eigenvalue weighted by Crippen LogP contribution is 2.21. The van der Waals surface area contributed by atoms with E-state index in [1.807, 2.05) is 6.92 Å². The number of hydrogen-bond donors (Lipinski definition) is 2. The predicted molar refractivity (Wildman–Crippen MR) is 76.9 cm³/mol. The minimum atomic E-state index is 0.273. The van der Waals surface area contributed by atoms with Gasteiger partial charge in [-0.05, 0) is 29.3 Å². The summed E-state index contributed by atoms with van der Waals surface area (Å²) in [7, 11) is 0. The predicted octanol–water partition coefficient (Wildman–Crippen LogP) is 3.16. The van der Waals surface area contributed by atoms with Crippen LogP contribution in [-0.4, -0.2) is 9.97 Å². The molecule has 2 heterocycles. The van der Waals surface area contributed by atoms with Crippen molar-refractivity contribution >= 4 is 23.0 Å². The van der Waals surface area contributed by atoms with Crippen LogP contribution in [0.3, 0.4) is 0 Å². The number of nitrogens with one attached hydrogen (secondary N) is 1. The molecule has 0 unspecified atom stereocenters. The molecule has 3 N–H and O–H groups in total. The summed E-state index contributed by atoms with van der Waals surface area (Å²) in [6.07, 6.45) is 0. The van der Waals surface area contributed by atoms with Gasteiger partial charge in [0.25, 0.3) is 0 Å². The Balaban J connectivity index is 2.20. The zero-order valence-corrected chi connectivity index (χ0v) is 11.7. The molecule has 96 valence electrons. The van der Waals surface area contributed by atoms with Gasteiger partial charge in [-0.15, -0.1) is 0 Å². The summed E-state index contributed by atoms with van der Waals surface area (Å²) in [5, 5.41) is 7.52. The Bertz CT molecular complexity index is 520. The molecule has 0 radical (unpaired) electrons. The zero-order valence-electron chi connectivity index (χ0n) is 10.9. The number of hydrogen-bond acceptors (Lipinski definition) is 5. The van der Waals surface area contributed by atoms with E-state index in [1.165, 1.54) is 5.56 Å². The molecular formula is C13H18N4S. The van der Waals surface area contributed by atoms with Crippen molar-refractivity contribution in [3.05, 3.63) is 33.8 Å². The van der Waals surface area contributed by atoms with E-state index in [0.717, 1.165) is 23.8 Å². The molecule has 0 saturated heterocycles. The molecule has 0 aliphatic heterocycles. The van der Waals surface area contributed by atoms with Crippen LogP contribution >= 0.6 is 11.3 Å². The summed E-state index contributed by atoms with van der Waals surface area (Å²) in [4.78, 5) is 8.84. The Morgan fingerprint density at radius 1 is 1.39 bits per heavy atom. The van der Waals surface area contributed by atoms with Gasteiger partial charge in [0.15, 0.2) is 0 Å². The molecule has 0 aliphatic rings. The number of nitrogens with two attached hydrogens (primary N) is 1. The van der Waals surface area contributed by atoms with Crippen molar-refractivity contribution in [3.63, 3.8) is 0 Å². The second-order valence-corrected chi connectivity index (χ2v) is 5.36. The molecule has 0 saturated carbocycles. The van der Waals surface area contributed by atoms with Crippen molar-refractivity contribution in [1.29, 1.82) is 0 Å². The highest BCUT2D eigenvalue weighted by atomic mass is 32.1. The Hall–Kier alpha value is -1.62. The fourth-order valence-electron chi connectivity index (χ4n) is 1.56. The maximum absolute atomic E-state index is 5.92. The average molecular weight is 262 g/mol. The number of nitrogens with zero attached hydrogens (tertiary/aromatic N) is 2. The van der Waals surface area contributed by atoms with Gasteiger partial charge in [-0.3, -0.25) is 0 Å². The van der Waals surface area contributed by atoms with E-state index in [0.29, 0.717) is 5.82 Å². The first kappa shape index (κ1) is 12.8. The van der Waals surface area contributed by atoms with Gasteiger partial charge in [0, 0.05) is 18.0 Å². The lowest BCUT2D eigenvalue weighted by atomic mass is 10.2. The molecule has 0 fully saturated rings. The number of anilines is 2. The van der Waals surface area contributed by atoms with Crippen molar-refractivity contribution in [2.75, 3.05) is 11.1 Å². The summed E-state index contributed by atoms with van der Waals surface area (Å²) >= 11 is 1.69. The smallest absolute Gasteiger partial charge is 0.135 e.